The predicted molar refractivity (Wildman–Crippen MR) is 109 cm³/mol. The van der Waals surface area contributed by atoms with Crippen molar-refractivity contribution in [2.24, 2.45) is 0 Å². The van der Waals surface area contributed by atoms with Gasteiger partial charge in [0.25, 0.3) is 15.9 Å². The number of halogens is 4. The largest absolute Gasteiger partial charge is 0.416 e. The van der Waals surface area contributed by atoms with Crippen LogP contribution in [0.15, 0.2) is 71.9 Å². The molecule has 0 saturated heterocycles. The van der Waals surface area contributed by atoms with Crippen molar-refractivity contribution in [2.45, 2.75) is 17.6 Å². The van der Waals surface area contributed by atoms with E-state index in [0.717, 1.165) is 29.8 Å². The molecule has 11 heteroatoms. The molecule has 162 valence electrons. The quantitative estimate of drug-likeness (QED) is 0.557. The molecule has 1 aromatic heterocycles. The summed E-state index contributed by atoms with van der Waals surface area (Å²) in [5, 5.41) is 2.64. The van der Waals surface area contributed by atoms with E-state index in [2.05, 4.69) is 15.0 Å². The number of pyridine rings is 1. The number of hydrogen-bond acceptors (Lipinski definition) is 4. The van der Waals surface area contributed by atoms with E-state index in [1.165, 1.54) is 12.1 Å². The normalized spacial score (nSPS) is 11.7. The minimum absolute atomic E-state index is 0.0187. The van der Waals surface area contributed by atoms with Gasteiger partial charge in [0.2, 0.25) is 0 Å². The smallest absolute Gasteiger partial charge is 0.348 e. The monoisotopic (exact) mass is 469 g/mol. The maximum absolute atomic E-state index is 12.9. The van der Waals surface area contributed by atoms with Crippen molar-refractivity contribution in [3.8, 4) is 0 Å². The predicted octanol–water partition coefficient (Wildman–Crippen LogP) is 4.48. The van der Waals surface area contributed by atoms with Crippen LogP contribution in [0, 0.1) is 0 Å². The molecular weight excluding hydrogens is 455 g/mol. The van der Waals surface area contributed by atoms with Crippen LogP contribution in [0.5, 0.6) is 0 Å². The molecule has 2 N–H and O–H groups in total. The van der Waals surface area contributed by atoms with E-state index in [9.17, 15) is 26.4 Å². The molecule has 31 heavy (non-hydrogen) atoms. The zero-order chi connectivity index (χ0) is 22.6. The van der Waals surface area contributed by atoms with Gasteiger partial charge in [-0.15, -0.1) is 0 Å². The lowest BCUT2D eigenvalue weighted by Gasteiger charge is -2.13. The molecule has 0 aliphatic heterocycles. The van der Waals surface area contributed by atoms with Crippen LogP contribution in [-0.2, 0) is 22.7 Å². The Balaban J connectivity index is 1.82. The maximum Gasteiger partial charge on any atom is 0.416 e. The van der Waals surface area contributed by atoms with Crippen molar-refractivity contribution in [3.63, 3.8) is 0 Å². The van der Waals surface area contributed by atoms with E-state index in [0.29, 0.717) is 6.07 Å². The lowest BCUT2D eigenvalue weighted by Crippen LogP contribution is -2.24. The number of anilines is 1. The van der Waals surface area contributed by atoms with Gasteiger partial charge in [0.1, 0.15) is 0 Å². The molecule has 0 aliphatic carbocycles. The molecule has 0 fully saturated rings. The fourth-order valence-corrected chi connectivity index (χ4v) is 3.88. The van der Waals surface area contributed by atoms with Gasteiger partial charge < -0.3 is 5.32 Å². The average molecular weight is 470 g/mol. The first-order chi connectivity index (χ1) is 14.6. The van der Waals surface area contributed by atoms with Gasteiger partial charge in [-0.3, -0.25) is 14.5 Å². The van der Waals surface area contributed by atoms with Crippen molar-refractivity contribution in [3.05, 3.63) is 88.7 Å². The number of carbonyl (C=O) groups excluding carboxylic acids is 1. The first kappa shape index (κ1) is 22.6. The Hall–Kier alpha value is -3.11. The third-order valence-electron chi connectivity index (χ3n) is 4.14. The Kier molecular flexibility index (Phi) is 6.51. The Morgan fingerprint density at radius 1 is 1.03 bits per heavy atom. The summed E-state index contributed by atoms with van der Waals surface area (Å²) in [6.45, 7) is 0.164. The van der Waals surface area contributed by atoms with Crippen LogP contribution >= 0.6 is 11.6 Å². The number of hydrogen-bond donors (Lipinski definition) is 2. The van der Waals surface area contributed by atoms with Crippen LogP contribution in [0.25, 0.3) is 0 Å². The van der Waals surface area contributed by atoms with Crippen LogP contribution in [0.2, 0.25) is 5.02 Å². The lowest BCUT2D eigenvalue weighted by atomic mass is 10.2. The Bertz CT molecular complexity index is 1200. The summed E-state index contributed by atoms with van der Waals surface area (Å²) in [6.07, 6.45) is -1.51. The van der Waals surface area contributed by atoms with Crippen LogP contribution in [0.1, 0.15) is 21.5 Å². The molecule has 3 aromatic rings. The second-order valence-corrected chi connectivity index (χ2v) is 8.45. The van der Waals surface area contributed by atoms with Gasteiger partial charge in [0.05, 0.1) is 21.0 Å². The summed E-state index contributed by atoms with van der Waals surface area (Å²) >= 11 is 6.04. The van der Waals surface area contributed by atoms with E-state index in [4.69, 9.17) is 11.6 Å². The zero-order valence-electron chi connectivity index (χ0n) is 15.7. The minimum Gasteiger partial charge on any atom is -0.348 e. The lowest BCUT2D eigenvalue weighted by molar-refractivity contribution is -0.137. The Labute approximate surface area is 181 Å². The highest BCUT2D eigenvalue weighted by atomic mass is 35.5. The molecule has 0 radical (unpaired) electrons. The first-order valence-corrected chi connectivity index (χ1v) is 10.6. The van der Waals surface area contributed by atoms with Crippen molar-refractivity contribution in [1.29, 1.82) is 0 Å². The first-order valence-electron chi connectivity index (χ1n) is 8.73. The summed E-state index contributed by atoms with van der Waals surface area (Å²) in [6, 6.07) is 10.6. The SMILES string of the molecule is O=C(NCc1ccncc1)c1cc(S(=O)(=O)Nc2cccc(C(F)(F)F)c2)ccc1Cl. The third-order valence-corrected chi connectivity index (χ3v) is 5.85. The van der Waals surface area contributed by atoms with Gasteiger partial charge in [-0.05, 0) is 54.1 Å². The topological polar surface area (TPSA) is 88.2 Å². The Morgan fingerprint density at radius 3 is 2.42 bits per heavy atom. The van der Waals surface area contributed by atoms with E-state index in [1.54, 1.807) is 24.5 Å². The summed E-state index contributed by atoms with van der Waals surface area (Å²) in [5.74, 6) is -0.613. The van der Waals surface area contributed by atoms with Crippen molar-refractivity contribution in [2.75, 3.05) is 4.72 Å². The standard InChI is InChI=1S/C20H15ClF3N3O3S/c21-18-5-4-16(11-17(18)19(28)26-12-13-6-8-25-9-7-13)31(29,30)27-15-3-1-2-14(10-15)20(22,23)24/h1-11,27H,12H2,(H,26,28). The number of rotatable bonds is 6. The zero-order valence-corrected chi connectivity index (χ0v) is 17.2. The fourth-order valence-electron chi connectivity index (χ4n) is 2.60. The molecule has 0 atom stereocenters. The highest BCUT2D eigenvalue weighted by Gasteiger charge is 2.30. The molecule has 3 rings (SSSR count). The highest BCUT2D eigenvalue weighted by Crippen LogP contribution is 2.31. The molecule has 0 unspecified atom stereocenters. The molecule has 0 spiro atoms. The van der Waals surface area contributed by atoms with Crippen molar-refractivity contribution < 1.29 is 26.4 Å². The molecule has 0 aliphatic rings. The summed E-state index contributed by atoms with van der Waals surface area (Å²) in [4.78, 5) is 16.0. The molecule has 1 heterocycles. The van der Waals surface area contributed by atoms with Crippen LogP contribution in [0.3, 0.4) is 0 Å². The summed E-state index contributed by atoms with van der Waals surface area (Å²) in [7, 11) is -4.28. The van der Waals surface area contributed by atoms with Crippen LogP contribution < -0.4 is 10.0 Å². The van der Waals surface area contributed by atoms with Gasteiger partial charge >= 0.3 is 6.18 Å². The van der Waals surface area contributed by atoms with Gasteiger partial charge in [0.15, 0.2) is 0 Å². The van der Waals surface area contributed by atoms with Crippen LogP contribution in [0.4, 0.5) is 18.9 Å². The van der Waals surface area contributed by atoms with E-state index in [-0.39, 0.29) is 27.7 Å². The van der Waals surface area contributed by atoms with Crippen molar-refractivity contribution in [1.82, 2.24) is 10.3 Å². The minimum atomic E-state index is -4.62. The number of aromatic nitrogens is 1. The molecule has 0 saturated carbocycles. The number of sulfonamides is 1. The van der Waals surface area contributed by atoms with E-state index < -0.39 is 27.7 Å². The number of carbonyl (C=O) groups is 1. The molecule has 2 aromatic carbocycles. The van der Waals surface area contributed by atoms with Crippen LogP contribution in [-0.4, -0.2) is 19.3 Å². The number of nitrogens with one attached hydrogen (secondary N) is 2. The molecular formula is C20H15ClF3N3O3S. The summed E-state index contributed by atoms with van der Waals surface area (Å²) in [5.41, 5.74) is -0.592. The van der Waals surface area contributed by atoms with Gasteiger partial charge in [0, 0.05) is 24.6 Å². The van der Waals surface area contributed by atoms with E-state index in [1.807, 2.05) is 0 Å². The molecule has 0 bridgehead atoms. The maximum atomic E-state index is 12.9. The average Bonchev–Trinajstić information content (AvgIpc) is 2.72. The second-order valence-electron chi connectivity index (χ2n) is 6.36. The van der Waals surface area contributed by atoms with Crippen molar-refractivity contribution >= 4 is 33.2 Å². The van der Waals surface area contributed by atoms with Gasteiger partial charge in [-0.2, -0.15) is 13.2 Å². The van der Waals surface area contributed by atoms with E-state index >= 15 is 0 Å². The fraction of sp³-hybridized carbons (Fsp3) is 0.100. The Morgan fingerprint density at radius 2 is 1.74 bits per heavy atom. The number of benzene rings is 2. The van der Waals surface area contributed by atoms with Gasteiger partial charge in [-0.1, -0.05) is 17.7 Å². The van der Waals surface area contributed by atoms with Gasteiger partial charge in [-0.25, -0.2) is 8.42 Å². The highest BCUT2D eigenvalue weighted by molar-refractivity contribution is 7.92. The molecule has 1 amide bonds. The summed E-state index contributed by atoms with van der Waals surface area (Å²) < 4.78 is 66.0. The number of alkyl halides is 3. The molecule has 6 nitrogen and oxygen atoms in total. The second kappa shape index (κ2) is 8.94. The number of amides is 1. The third kappa shape index (κ3) is 5.74. The number of nitrogens with zero attached hydrogens (tertiary/aromatic N) is 1.